The van der Waals surface area contributed by atoms with Crippen LogP contribution in [0.1, 0.15) is 83.8 Å². The number of esters is 1. The maximum atomic E-state index is 11.9. The number of ketones is 2. The van der Waals surface area contributed by atoms with Crippen LogP contribution in [0.25, 0.3) is 0 Å². The Morgan fingerprint density at radius 1 is 0.767 bits per heavy atom. The van der Waals surface area contributed by atoms with Crippen LogP contribution in [0.2, 0.25) is 0 Å². The summed E-state index contributed by atoms with van der Waals surface area (Å²) in [7, 11) is 0. The Morgan fingerprint density at radius 3 is 1.90 bits per heavy atom. The highest BCUT2D eigenvalue weighted by molar-refractivity contribution is 5.81. The lowest BCUT2D eigenvalue weighted by molar-refractivity contribution is -0.155. The van der Waals surface area contributed by atoms with E-state index >= 15 is 0 Å². The molecular weight excluding hydrogens is 388 g/mol. The molecule has 30 heavy (non-hydrogen) atoms. The van der Waals surface area contributed by atoms with Crippen molar-refractivity contribution in [3.8, 4) is 0 Å². The number of carbonyl (C=O) groups excluding carboxylic acids is 3. The molecule has 168 valence electrons. The topological polar surface area (TPSA) is 121 Å². The maximum absolute atomic E-state index is 11.9. The first-order chi connectivity index (χ1) is 14.2. The Morgan fingerprint density at radius 2 is 1.30 bits per heavy atom. The smallest absolute Gasteiger partial charge is 0.306 e. The molecule has 0 amide bonds. The zero-order valence-electron chi connectivity index (χ0n) is 18.6. The summed E-state index contributed by atoms with van der Waals surface area (Å²) in [4.78, 5) is 35.3. The largest absolute Gasteiger partial charge is 0.460 e. The lowest BCUT2D eigenvalue weighted by atomic mass is 10.1. The van der Waals surface area contributed by atoms with Crippen LogP contribution in [0.15, 0.2) is 0 Å². The van der Waals surface area contributed by atoms with E-state index in [1.165, 1.54) is 0 Å². The second kappa shape index (κ2) is 13.8. The second-order valence-electron chi connectivity index (χ2n) is 8.20. The first-order valence-electron chi connectivity index (χ1n) is 10.5. The number of aromatic nitrogens is 4. The number of nitrogens with zero attached hydrogens (tertiary/aromatic N) is 4. The van der Waals surface area contributed by atoms with E-state index in [0.29, 0.717) is 82.6 Å². The Bertz CT molecular complexity index is 671. The van der Waals surface area contributed by atoms with Gasteiger partial charge in [-0.1, -0.05) is 0 Å². The zero-order valence-corrected chi connectivity index (χ0v) is 18.6. The molecule has 9 heteroatoms. The molecule has 1 rings (SSSR count). The molecule has 9 nitrogen and oxygen atoms in total. The van der Waals surface area contributed by atoms with Gasteiger partial charge in [-0.15, -0.1) is 20.4 Å². The second-order valence-corrected chi connectivity index (χ2v) is 8.20. The minimum Gasteiger partial charge on any atom is -0.460 e. The van der Waals surface area contributed by atoms with E-state index in [4.69, 9.17) is 9.47 Å². The van der Waals surface area contributed by atoms with E-state index in [2.05, 4.69) is 20.4 Å². The maximum Gasteiger partial charge on any atom is 0.306 e. The molecule has 0 spiro atoms. The average molecular weight is 423 g/mol. The van der Waals surface area contributed by atoms with Crippen molar-refractivity contribution >= 4 is 17.5 Å². The van der Waals surface area contributed by atoms with Gasteiger partial charge in [0, 0.05) is 51.7 Å². The van der Waals surface area contributed by atoms with Crippen molar-refractivity contribution in [3.05, 3.63) is 11.6 Å². The molecule has 0 aliphatic carbocycles. The minimum atomic E-state index is -0.465. The number of hydrogen-bond donors (Lipinski definition) is 0. The third-order valence-electron chi connectivity index (χ3n) is 3.99. The molecule has 0 aromatic carbocycles. The van der Waals surface area contributed by atoms with Crippen molar-refractivity contribution in [2.45, 2.75) is 91.1 Å². The van der Waals surface area contributed by atoms with Crippen LogP contribution in [-0.2, 0) is 30.3 Å². The highest BCUT2D eigenvalue weighted by Gasteiger charge is 2.15. The third-order valence-corrected chi connectivity index (χ3v) is 3.99. The van der Waals surface area contributed by atoms with E-state index in [9.17, 15) is 14.4 Å². The van der Waals surface area contributed by atoms with Gasteiger partial charge >= 0.3 is 5.97 Å². The molecule has 0 unspecified atom stereocenters. The molecule has 0 radical (unpaired) electrons. The summed E-state index contributed by atoms with van der Waals surface area (Å²) in [5.41, 5.74) is -0.465. The van der Waals surface area contributed by atoms with Gasteiger partial charge in [-0.2, -0.15) is 0 Å². The van der Waals surface area contributed by atoms with Gasteiger partial charge in [0.05, 0.1) is 0 Å². The van der Waals surface area contributed by atoms with Gasteiger partial charge in [0.25, 0.3) is 0 Å². The highest BCUT2D eigenvalue weighted by Crippen LogP contribution is 2.09. The quantitative estimate of drug-likeness (QED) is 0.310. The molecule has 1 aromatic heterocycles. The van der Waals surface area contributed by atoms with Crippen molar-refractivity contribution < 1.29 is 23.9 Å². The van der Waals surface area contributed by atoms with Gasteiger partial charge in [-0.25, -0.2) is 0 Å². The third kappa shape index (κ3) is 13.8. The molecule has 0 fully saturated rings. The predicted molar refractivity (Wildman–Crippen MR) is 110 cm³/mol. The van der Waals surface area contributed by atoms with E-state index < -0.39 is 5.60 Å². The SMILES string of the molecule is Cc1nnc(CCC(=O)CCCC(=O)CCCOCCCC(=O)OC(C)(C)C)nn1. The molecule has 0 saturated heterocycles. The van der Waals surface area contributed by atoms with E-state index in [0.717, 1.165) is 0 Å². The summed E-state index contributed by atoms with van der Waals surface area (Å²) in [5.74, 6) is 0.942. The first kappa shape index (κ1) is 25.7. The predicted octanol–water partition coefficient (Wildman–Crippen LogP) is 2.73. The Labute approximate surface area is 178 Å². The molecule has 1 heterocycles. The van der Waals surface area contributed by atoms with E-state index in [1.54, 1.807) is 6.92 Å². The van der Waals surface area contributed by atoms with Crippen LogP contribution in [-0.4, -0.2) is 56.7 Å². The standard InChI is InChI=1S/C21H34N4O5/c1-16-22-24-19(25-23-16)13-12-18(27)9-5-8-17(26)10-6-14-29-15-7-11-20(28)30-21(2,3)4/h5-15H2,1-4H3. The number of hydrogen-bond acceptors (Lipinski definition) is 9. The van der Waals surface area contributed by atoms with Crippen LogP contribution in [0.5, 0.6) is 0 Å². The van der Waals surface area contributed by atoms with Crippen molar-refractivity contribution in [2.24, 2.45) is 0 Å². The lowest BCUT2D eigenvalue weighted by Gasteiger charge is -2.19. The summed E-state index contributed by atoms with van der Waals surface area (Å²) < 4.78 is 10.7. The van der Waals surface area contributed by atoms with Gasteiger partial charge < -0.3 is 9.47 Å². The number of carbonyl (C=O) groups is 3. The van der Waals surface area contributed by atoms with Crippen molar-refractivity contribution in [2.75, 3.05) is 13.2 Å². The fraction of sp³-hybridized carbons (Fsp3) is 0.762. The van der Waals surface area contributed by atoms with E-state index in [1.807, 2.05) is 20.8 Å². The average Bonchev–Trinajstić information content (AvgIpc) is 2.65. The van der Waals surface area contributed by atoms with Crippen LogP contribution < -0.4 is 0 Å². The van der Waals surface area contributed by atoms with Crippen molar-refractivity contribution in [1.29, 1.82) is 0 Å². The normalized spacial score (nSPS) is 11.3. The molecular formula is C21H34N4O5. The van der Waals surface area contributed by atoms with Crippen LogP contribution in [0, 0.1) is 6.92 Å². The monoisotopic (exact) mass is 422 g/mol. The van der Waals surface area contributed by atoms with Crippen molar-refractivity contribution in [3.63, 3.8) is 0 Å². The Balaban J connectivity index is 1.97. The summed E-state index contributed by atoms with van der Waals surface area (Å²) in [6.07, 6.45) is 4.08. The van der Waals surface area contributed by atoms with E-state index in [-0.39, 0.29) is 17.5 Å². The molecule has 0 N–H and O–H groups in total. The first-order valence-corrected chi connectivity index (χ1v) is 10.5. The van der Waals surface area contributed by atoms with Gasteiger partial charge in [0.2, 0.25) is 0 Å². The Hall–Kier alpha value is -2.29. The van der Waals surface area contributed by atoms with Crippen LogP contribution in [0.4, 0.5) is 0 Å². The molecule has 0 saturated carbocycles. The van der Waals surface area contributed by atoms with Gasteiger partial charge in [-0.05, 0) is 47.0 Å². The number of Topliss-reactive ketones (excluding diaryl/α,β-unsaturated/α-hetero) is 2. The van der Waals surface area contributed by atoms with Gasteiger partial charge in [0.1, 0.15) is 17.2 Å². The van der Waals surface area contributed by atoms with Gasteiger partial charge in [0.15, 0.2) is 11.6 Å². The van der Waals surface area contributed by atoms with Crippen LogP contribution >= 0.6 is 0 Å². The lowest BCUT2D eigenvalue weighted by Crippen LogP contribution is -2.23. The molecule has 0 aliphatic rings. The molecule has 0 aliphatic heterocycles. The summed E-state index contributed by atoms with van der Waals surface area (Å²) in [6, 6.07) is 0. The summed E-state index contributed by atoms with van der Waals surface area (Å²) in [5, 5.41) is 15.4. The number of aryl methyl sites for hydroxylation is 2. The van der Waals surface area contributed by atoms with Gasteiger partial charge in [-0.3, -0.25) is 14.4 Å². The minimum absolute atomic E-state index is 0.0836. The molecule has 1 aromatic rings. The highest BCUT2D eigenvalue weighted by atomic mass is 16.6. The van der Waals surface area contributed by atoms with Crippen molar-refractivity contribution in [1.82, 2.24) is 20.4 Å². The fourth-order valence-electron chi connectivity index (χ4n) is 2.57. The summed E-state index contributed by atoms with van der Waals surface area (Å²) >= 11 is 0. The molecule has 0 atom stereocenters. The zero-order chi connectivity index (χ0) is 22.4. The van der Waals surface area contributed by atoms with Crippen LogP contribution in [0.3, 0.4) is 0 Å². The fourth-order valence-corrected chi connectivity index (χ4v) is 2.57. The summed E-state index contributed by atoms with van der Waals surface area (Å²) in [6.45, 7) is 8.17. The molecule has 0 bridgehead atoms. The number of rotatable bonds is 15. The Kier molecular flexibility index (Phi) is 11.9. The number of ether oxygens (including phenoxy) is 2.